The van der Waals surface area contributed by atoms with Gasteiger partial charge in [0.25, 0.3) is 0 Å². The molecule has 0 amide bonds. The summed E-state index contributed by atoms with van der Waals surface area (Å²) >= 11 is 0. The number of hydrogen-bond acceptors (Lipinski definition) is 4. The molecule has 0 saturated carbocycles. The Hall–Kier alpha value is -0.860. The van der Waals surface area contributed by atoms with Crippen molar-refractivity contribution in [3.8, 4) is 0 Å². The molecule has 0 aliphatic carbocycles. The number of guanidine groups is 1. The molecule has 0 fully saturated rings. The molecule has 0 bridgehead atoms. The smallest absolute Gasteiger partial charge is 0.228 e. The Morgan fingerprint density at radius 1 is 1.21 bits per heavy atom. The van der Waals surface area contributed by atoms with Gasteiger partial charge in [-0.15, -0.1) is 24.0 Å². The lowest BCUT2D eigenvalue weighted by Gasteiger charge is -2.17. The van der Waals surface area contributed by atoms with Crippen molar-refractivity contribution in [2.75, 3.05) is 13.6 Å². The van der Waals surface area contributed by atoms with Crippen molar-refractivity contribution in [1.82, 2.24) is 20.8 Å². The average Bonchev–Trinajstić information content (AvgIpc) is 2.99. The van der Waals surface area contributed by atoms with Crippen molar-refractivity contribution in [3.05, 3.63) is 11.7 Å². The summed E-state index contributed by atoms with van der Waals surface area (Å²) in [5, 5.41) is 10.7. The Balaban J connectivity index is 0.00000529. The molecule has 0 aromatic carbocycles. The standard InChI is InChI=1S/C17H33N5O.HI/c1-6-7-8-9-10-14(4)20-17(18-5)19-12-11-15-21-16(13(2)3)22-23-15;/h13-14H,6-12H2,1-5H3,(H2,18,19,20);1H. The van der Waals surface area contributed by atoms with Crippen molar-refractivity contribution in [1.29, 1.82) is 0 Å². The first-order valence-electron chi connectivity index (χ1n) is 8.86. The fourth-order valence-electron chi connectivity index (χ4n) is 2.27. The van der Waals surface area contributed by atoms with Crippen LogP contribution in [0.1, 0.15) is 77.4 Å². The third-order valence-electron chi connectivity index (χ3n) is 3.73. The lowest BCUT2D eigenvalue weighted by molar-refractivity contribution is 0.371. The van der Waals surface area contributed by atoms with Crippen LogP contribution in [0.5, 0.6) is 0 Å². The number of rotatable bonds is 10. The van der Waals surface area contributed by atoms with Crippen molar-refractivity contribution < 1.29 is 4.52 Å². The Morgan fingerprint density at radius 3 is 2.54 bits per heavy atom. The maximum Gasteiger partial charge on any atom is 0.228 e. The highest BCUT2D eigenvalue weighted by Gasteiger charge is 2.10. The Morgan fingerprint density at radius 2 is 1.96 bits per heavy atom. The lowest BCUT2D eigenvalue weighted by atomic mass is 10.1. The Labute approximate surface area is 163 Å². The van der Waals surface area contributed by atoms with E-state index in [2.05, 4.69) is 53.5 Å². The van der Waals surface area contributed by atoms with Gasteiger partial charge in [0.05, 0.1) is 0 Å². The van der Waals surface area contributed by atoms with Crippen molar-refractivity contribution in [2.24, 2.45) is 4.99 Å². The molecule has 1 aromatic rings. The molecule has 1 heterocycles. The fourth-order valence-corrected chi connectivity index (χ4v) is 2.27. The number of aromatic nitrogens is 2. The summed E-state index contributed by atoms with van der Waals surface area (Å²) in [6.45, 7) is 9.27. The highest BCUT2D eigenvalue weighted by atomic mass is 127. The number of aliphatic imine (C=N–C) groups is 1. The predicted molar refractivity (Wildman–Crippen MR) is 110 cm³/mol. The molecule has 140 valence electrons. The van der Waals surface area contributed by atoms with E-state index in [-0.39, 0.29) is 24.0 Å². The minimum absolute atomic E-state index is 0. The van der Waals surface area contributed by atoms with E-state index in [9.17, 15) is 0 Å². The molecule has 24 heavy (non-hydrogen) atoms. The van der Waals surface area contributed by atoms with Gasteiger partial charge in [-0.05, 0) is 13.3 Å². The van der Waals surface area contributed by atoms with E-state index in [0.717, 1.165) is 18.3 Å². The zero-order chi connectivity index (χ0) is 17.1. The topological polar surface area (TPSA) is 75.3 Å². The molecule has 1 atom stereocenters. The van der Waals surface area contributed by atoms with E-state index < -0.39 is 0 Å². The first kappa shape index (κ1) is 23.1. The summed E-state index contributed by atoms with van der Waals surface area (Å²) in [7, 11) is 1.79. The van der Waals surface area contributed by atoms with Gasteiger partial charge in [-0.1, -0.05) is 51.6 Å². The van der Waals surface area contributed by atoms with E-state index in [1.165, 1.54) is 32.1 Å². The maximum atomic E-state index is 5.24. The second kappa shape index (κ2) is 13.4. The highest BCUT2D eigenvalue weighted by Crippen LogP contribution is 2.09. The average molecular weight is 451 g/mol. The maximum absolute atomic E-state index is 5.24. The molecule has 0 spiro atoms. The van der Waals surface area contributed by atoms with Gasteiger partial charge in [0.15, 0.2) is 11.8 Å². The minimum atomic E-state index is 0. The van der Waals surface area contributed by atoms with Crippen LogP contribution >= 0.6 is 24.0 Å². The lowest BCUT2D eigenvalue weighted by Crippen LogP contribution is -2.42. The Kier molecular flexibility index (Phi) is 13.0. The summed E-state index contributed by atoms with van der Waals surface area (Å²) in [4.78, 5) is 8.64. The second-order valence-electron chi connectivity index (χ2n) is 6.34. The van der Waals surface area contributed by atoms with E-state index in [1.807, 2.05) is 0 Å². The highest BCUT2D eigenvalue weighted by molar-refractivity contribution is 14.0. The largest absolute Gasteiger partial charge is 0.356 e. The van der Waals surface area contributed by atoms with Crippen LogP contribution in [-0.4, -0.2) is 35.7 Å². The summed E-state index contributed by atoms with van der Waals surface area (Å²) in [5.74, 6) is 2.56. The molecule has 1 unspecified atom stereocenters. The van der Waals surface area contributed by atoms with Gasteiger partial charge >= 0.3 is 0 Å². The van der Waals surface area contributed by atoms with Gasteiger partial charge in [-0.3, -0.25) is 4.99 Å². The summed E-state index contributed by atoms with van der Waals surface area (Å²) in [6, 6.07) is 0.425. The first-order valence-corrected chi connectivity index (χ1v) is 8.86. The number of hydrogen-bond donors (Lipinski definition) is 2. The molecule has 6 nitrogen and oxygen atoms in total. The fraction of sp³-hybridized carbons (Fsp3) is 0.824. The van der Waals surface area contributed by atoms with Gasteiger partial charge in [0, 0.05) is 32.0 Å². The van der Waals surface area contributed by atoms with Gasteiger partial charge < -0.3 is 15.2 Å². The van der Waals surface area contributed by atoms with Gasteiger partial charge in [0.2, 0.25) is 5.89 Å². The molecular weight excluding hydrogens is 417 g/mol. The summed E-state index contributed by atoms with van der Waals surface area (Å²) in [5.41, 5.74) is 0. The molecule has 2 N–H and O–H groups in total. The van der Waals surface area contributed by atoms with Crippen LogP contribution in [0.25, 0.3) is 0 Å². The van der Waals surface area contributed by atoms with Crippen LogP contribution in [0.3, 0.4) is 0 Å². The molecule has 0 aliphatic heterocycles. The van der Waals surface area contributed by atoms with Crippen molar-refractivity contribution in [3.63, 3.8) is 0 Å². The first-order chi connectivity index (χ1) is 11.1. The molecule has 7 heteroatoms. The van der Waals surface area contributed by atoms with Crippen molar-refractivity contribution >= 4 is 29.9 Å². The third-order valence-corrected chi connectivity index (χ3v) is 3.73. The Bertz CT molecular complexity index is 462. The van der Waals surface area contributed by atoms with Gasteiger partial charge in [-0.25, -0.2) is 0 Å². The molecule has 0 aliphatic rings. The normalized spacial score (nSPS) is 12.8. The minimum Gasteiger partial charge on any atom is -0.356 e. The number of nitrogens with zero attached hydrogens (tertiary/aromatic N) is 3. The van der Waals surface area contributed by atoms with E-state index in [4.69, 9.17) is 4.52 Å². The van der Waals surface area contributed by atoms with Crippen LogP contribution in [0.4, 0.5) is 0 Å². The molecular formula is C17H34IN5O. The monoisotopic (exact) mass is 451 g/mol. The van der Waals surface area contributed by atoms with Crippen molar-refractivity contribution in [2.45, 2.75) is 78.2 Å². The van der Waals surface area contributed by atoms with Crippen LogP contribution in [0, 0.1) is 0 Å². The number of halogens is 1. The number of nitrogens with one attached hydrogen (secondary N) is 2. The van der Waals surface area contributed by atoms with Crippen LogP contribution < -0.4 is 10.6 Å². The molecule has 0 saturated heterocycles. The molecule has 1 aromatic heterocycles. The van der Waals surface area contributed by atoms with Crippen LogP contribution in [-0.2, 0) is 6.42 Å². The zero-order valence-electron chi connectivity index (χ0n) is 15.8. The SMILES string of the molecule is CCCCCCC(C)NC(=NC)NCCc1nc(C(C)C)no1.I. The molecule has 1 rings (SSSR count). The molecule has 0 radical (unpaired) electrons. The van der Waals surface area contributed by atoms with Crippen LogP contribution in [0.15, 0.2) is 9.52 Å². The third kappa shape index (κ3) is 9.44. The summed E-state index contributed by atoms with van der Waals surface area (Å²) in [6.07, 6.45) is 7.04. The van der Waals surface area contributed by atoms with E-state index in [0.29, 0.717) is 24.3 Å². The predicted octanol–water partition coefficient (Wildman–Crippen LogP) is 3.88. The van der Waals surface area contributed by atoms with Crippen LogP contribution in [0.2, 0.25) is 0 Å². The summed E-state index contributed by atoms with van der Waals surface area (Å²) < 4.78 is 5.24. The van der Waals surface area contributed by atoms with Gasteiger partial charge in [-0.2, -0.15) is 4.98 Å². The van der Waals surface area contributed by atoms with E-state index >= 15 is 0 Å². The number of unbranched alkanes of at least 4 members (excludes halogenated alkanes) is 3. The van der Waals surface area contributed by atoms with E-state index in [1.54, 1.807) is 7.05 Å². The quantitative estimate of drug-likeness (QED) is 0.245. The second-order valence-corrected chi connectivity index (χ2v) is 6.34. The zero-order valence-corrected chi connectivity index (χ0v) is 18.1. The van der Waals surface area contributed by atoms with Gasteiger partial charge in [0.1, 0.15) is 0 Å².